The van der Waals surface area contributed by atoms with Gasteiger partial charge in [-0.25, -0.2) is 0 Å². The first kappa shape index (κ1) is 17.0. The minimum absolute atomic E-state index is 0.0344. The van der Waals surface area contributed by atoms with Crippen molar-refractivity contribution in [1.29, 1.82) is 0 Å². The molecule has 2 fully saturated rings. The molecule has 1 aliphatic carbocycles. The smallest absolute Gasteiger partial charge is 0.249 e. The lowest BCUT2D eigenvalue weighted by atomic mass is 9.99. The topological polar surface area (TPSA) is 66.6 Å². The fraction of sp³-hybridized carbons (Fsp3) is 0.579. The minimum atomic E-state index is -0.333. The number of para-hydroxylation sites is 1. The number of benzene rings is 1. The van der Waals surface area contributed by atoms with Gasteiger partial charge in [0.05, 0.1) is 0 Å². The molecular formula is C19H27N3O2. The maximum atomic E-state index is 12.8. The third-order valence-electron chi connectivity index (χ3n) is 5.44. The summed E-state index contributed by atoms with van der Waals surface area (Å²) < 4.78 is 0. The Morgan fingerprint density at radius 3 is 2.62 bits per heavy atom. The number of hydrogen-bond acceptors (Lipinski definition) is 3. The van der Waals surface area contributed by atoms with E-state index in [9.17, 15) is 9.59 Å². The fourth-order valence-electron chi connectivity index (χ4n) is 4.05. The molecule has 0 spiro atoms. The first-order valence-electron chi connectivity index (χ1n) is 9.03. The summed E-state index contributed by atoms with van der Waals surface area (Å²) in [5.41, 5.74) is 7.01. The second kappa shape index (κ2) is 7.34. The second-order valence-electron chi connectivity index (χ2n) is 6.87. The van der Waals surface area contributed by atoms with E-state index in [0.717, 1.165) is 24.9 Å². The summed E-state index contributed by atoms with van der Waals surface area (Å²) in [6, 6.07) is 9.48. The Morgan fingerprint density at radius 2 is 2.00 bits per heavy atom. The number of carbonyl (C=O) groups is 2. The Bertz CT molecular complexity index is 590. The van der Waals surface area contributed by atoms with Gasteiger partial charge in [-0.05, 0) is 44.2 Å². The van der Waals surface area contributed by atoms with E-state index in [4.69, 9.17) is 5.73 Å². The first-order valence-corrected chi connectivity index (χ1v) is 9.03. The lowest BCUT2D eigenvalue weighted by molar-refractivity contribution is -0.138. The molecule has 2 N–H and O–H groups in total. The van der Waals surface area contributed by atoms with Gasteiger partial charge in [0.15, 0.2) is 0 Å². The van der Waals surface area contributed by atoms with Crippen LogP contribution in [-0.2, 0) is 9.59 Å². The summed E-state index contributed by atoms with van der Waals surface area (Å²) in [7, 11) is 0. The van der Waals surface area contributed by atoms with Gasteiger partial charge in [0.2, 0.25) is 11.8 Å². The van der Waals surface area contributed by atoms with E-state index in [1.54, 1.807) is 9.80 Å². The van der Waals surface area contributed by atoms with Gasteiger partial charge < -0.3 is 15.5 Å². The van der Waals surface area contributed by atoms with Gasteiger partial charge in [0, 0.05) is 31.2 Å². The Labute approximate surface area is 143 Å². The molecule has 2 amide bonds. The lowest BCUT2D eigenvalue weighted by Crippen LogP contribution is -2.46. The molecule has 3 rings (SSSR count). The van der Waals surface area contributed by atoms with E-state index in [1.165, 1.54) is 0 Å². The van der Waals surface area contributed by atoms with Crippen LogP contribution in [0.4, 0.5) is 5.69 Å². The van der Waals surface area contributed by atoms with Crippen LogP contribution in [0.1, 0.15) is 39.0 Å². The van der Waals surface area contributed by atoms with Crippen LogP contribution in [0.25, 0.3) is 0 Å². The molecule has 1 aromatic rings. The van der Waals surface area contributed by atoms with Crippen molar-refractivity contribution in [3.05, 3.63) is 30.3 Å². The molecule has 130 valence electrons. The maximum absolute atomic E-state index is 12.8. The van der Waals surface area contributed by atoms with E-state index >= 15 is 0 Å². The van der Waals surface area contributed by atoms with E-state index in [-0.39, 0.29) is 29.8 Å². The maximum Gasteiger partial charge on any atom is 0.249 e. The van der Waals surface area contributed by atoms with Gasteiger partial charge in [-0.1, -0.05) is 24.6 Å². The highest BCUT2D eigenvalue weighted by Crippen LogP contribution is 2.29. The number of carbonyl (C=O) groups excluding carboxylic acids is 2. The number of hydrogen-bond donors (Lipinski definition) is 1. The molecular weight excluding hydrogens is 302 g/mol. The number of nitrogens with two attached hydrogens (primary N) is 1. The van der Waals surface area contributed by atoms with E-state index < -0.39 is 0 Å². The van der Waals surface area contributed by atoms with Crippen LogP contribution >= 0.6 is 0 Å². The van der Waals surface area contributed by atoms with Crippen molar-refractivity contribution in [2.45, 2.75) is 51.1 Å². The van der Waals surface area contributed by atoms with Gasteiger partial charge >= 0.3 is 0 Å². The van der Waals surface area contributed by atoms with Gasteiger partial charge in [0.25, 0.3) is 0 Å². The molecule has 1 saturated carbocycles. The lowest BCUT2D eigenvalue weighted by Gasteiger charge is -2.28. The fourth-order valence-corrected chi connectivity index (χ4v) is 4.05. The second-order valence-corrected chi connectivity index (χ2v) is 6.87. The molecule has 2 aliphatic rings. The molecule has 1 heterocycles. The Balaban J connectivity index is 1.67. The van der Waals surface area contributed by atoms with Crippen LogP contribution in [0.5, 0.6) is 0 Å². The molecule has 3 atom stereocenters. The highest BCUT2D eigenvalue weighted by Gasteiger charge is 2.39. The Hall–Kier alpha value is -1.88. The number of rotatable bonds is 5. The summed E-state index contributed by atoms with van der Waals surface area (Å²) in [6.07, 6.45) is 4.32. The third kappa shape index (κ3) is 3.31. The highest BCUT2D eigenvalue weighted by atomic mass is 16.2. The van der Waals surface area contributed by atoms with Gasteiger partial charge in [-0.15, -0.1) is 0 Å². The predicted octanol–water partition coefficient (Wildman–Crippen LogP) is 2.16. The zero-order valence-electron chi connectivity index (χ0n) is 14.4. The quantitative estimate of drug-likeness (QED) is 0.900. The Kier molecular flexibility index (Phi) is 5.19. The summed E-state index contributed by atoms with van der Waals surface area (Å²) in [5.74, 6) is 0.383. The number of amides is 2. The molecule has 5 heteroatoms. The molecule has 1 saturated heterocycles. The molecule has 0 aromatic heterocycles. The average Bonchev–Trinajstić information content (AvgIpc) is 3.16. The summed E-state index contributed by atoms with van der Waals surface area (Å²) >= 11 is 0. The molecule has 1 aliphatic heterocycles. The zero-order valence-corrected chi connectivity index (χ0v) is 14.4. The summed E-state index contributed by atoms with van der Waals surface area (Å²) in [6.45, 7) is 3.19. The molecule has 1 aromatic carbocycles. The third-order valence-corrected chi connectivity index (χ3v) is 5.44. The Morgan fingerprint density at radius 1 is 1.25 bits per heavy atom. The summed E-state index contributed by atoms with van der Waals surface area (Å²) in [5, 5.41) is 0. The van der Waals surface area contributed by atoms with Crippen LogP contribution in [-0.4, -0.2) is 41.9 Å². The average molecular weight is 329 g/mol. The molecule has 5 nitrogen and oxygen atoms in total. The van der Waals surface area contributed by atoms with Crippen LogP contribution in [0.15, 0.2) is 30.3 Å². The number of anilines is 1. The largest absolute Gasteiger partial charge is 0.331 e. The number of likely N-dealkylation sites (N-methyl/N-ethyl adjacent to an activating group) is 1. The highest BCUT2D eigenvalue weighted by molar-refractivity contribution is 6.01. The van der Waals surface area contributed by atoms with Gasteiger partial charge in [-0.2, -0.15) is 0 Å². The van der Waals surface area contributed by atoms with Crippen LogP contribution in [0.2, 0.25) is 0 Å². The van der Waals surface area contributed by atoms with Crippen LogP contribution < -0.4 is 10.6 Å². The zero-order chi connectivity index (χ0) is 17.1. The van der Waals surface area contributed by atoms with Crippen molar-refractivity contribution in [2.75, 3.05) is 18.0 Å². The van der Waals surface area contributed by atoms with Crippen molar-refractivity contribution in [3.63, 3.8) is 0 Å². The van der Waals surface area contributed by atoms with Crippen molar-refractivity contribution in [3.8, 4) is 0 Å². The molecule has 24 heavy (non-hydrogen) atoms. The van der Waals surface area contributed by atoms with Crippen LogP contribution in [0, 0.1) is 5.92 Å². The first-order chi connectivity index (χ1) is 11.6. The predicted molar refractivity (Wildman–Crippen MR) is 94.5 cm³/mol. The van der Waals surface area contributed by atoms with E-state index in [1.807, 2.05) is 37.3 Å². The van der Waals surface area contributed by atoms with Gasteiger partial charge in [0.1, 0.15) is 6.04 Å². The SMILES string of the molecule is CCN(C(=O)C[C@@H]1CCC[C@H]1N)C1CCN(c2ccccc2)C1=O. The minimum Gasteiger partial charge on any atom is -0.331 e. The number of nitrogens with zero attached hydrogens (tertiary/aromatic N) is 2. The summed E-state index contributed by atoms with van der Waals surface area (Å²) in [4.78, 5) is 29.1. The van der Waals surface area contributed by atoms with Crippen molar-refractivity contribution in [2.24, 2.45) is 11.7 Å². The molecule has 1 unspecified atom stereocenters. The van der Waals surface area contributed by atoms with Gasteiger partial charge in [-0.3, -0.25) is 9.59 Å². The normalized spacial score (nSPS) is 26.8. The van der Waals surface area contributed by atoms with Crippen molar-refractivity contribution in [1.82, 2.24) is 4.90 Å². The van der Waals surface area contributed by atoms with Crippen molar-refractivity contribution >= 4 is 17.5 Å². The van der Waals surface area contributed by atoms with E-state index in [0.29, 0.717) is 25.9 Å². The molecule has 0 bridgehead atoms. The van der Waals surface area contributed by atoms with Crippen LogP contribution in [0.3, 0.4) is 0 Å². The van der Waals surface area contributed by atoms with Crippen molar-refractivity contribution < 1.29 is 9.59 Å². The molecule has 0 radical (unpaired) electrons. The van der Waals surface area contributed by atoms with E-state index in [2.05, 4.69) is 0 Å². The monoisotopic (exact) mass is 329 g/mol. The standard InChI is InChI=1S/C19H27N3O2/c1-2-21(18(23)13-14-7-6-10-16(14)20)17-11-12-22(19(17)24)15-8-4-3-5-9-15/h3-5,8-9,14,16-17H,2,6-7,10-13,20H2,1H3/t14-,16+,17?/m0/s1.